The molecule has 1 amide bonds. The van der Waals surface area contributed by atoms with Crippen LogP contribution in [0.5, 0.6) is 0 Å². The van der Waals surface area contributed by atoms with E-state index in [4.69, 9.17) is 5.10 Å². The maximum absolute atomic E-state index is 12.8. The number of nitrogens with zero attached hydrogens (tertiary/aromatic N) is 2. The van der Waals surface area contributed by atoms with Crippen LogP contribution in [0.4, 0.5) is 0 Å². The van der Waals surface area contributed by atoms with E-state index in [0.29, 0.717) is 0 Å². The average molecular weight is 327 g/mol. The number of benzene rings is 1. The molecule has 24 heavy (non-hydrogen) atoms. The third-order valence-corrected chi connectivity index (χ3v) is 3.92. The van der Waals surface area contributed by atoms with Crippen LogP contribution in [0.3, 0.4) is 0 Å². The monoisotopic (exact) mass is 327 g/mol. The smallest absolute Gasteiger partial charge is 0.255 e. The molecule has 0 aliphatic heterocycles. The van der Waals surface area contributed by atoms with Crippen molar-refractivity contribution in [2.24, 2.45) is 0 Å². The predicted molar refractivity (Wildman–Crippen MR) is 98.9 cm³/mol. The van der Waals surface area contributed by atoms with Gasteiger partial charge in [0, 0.05) is 6.04 Å². The van der Waals surface area contributed by atoms with E-state index in [2.05, 4.69) is 44.3 Å². The highest BCUT2D eigenvalue weighted by Crippen LogP contribution is 2.23. The summed E-state index contributed by atoms with van der Waals surface area (Å²) in [6.07, 6.45) is 3.60. The zero-order chi connectivity index (χ0) is 17.7. The Morgan fingerprint density at radius 3 is 2.50 bits per heavy atom. The van der Waals surface area contributed by atoms with Crippen LogP contribution in [-0.4, -0.2) is 21.7 Å². The molecule has 1 aromatic heterocycles. The van der Waals surface area contributed by atoms with Crippen LogP contribution >= 0.6 is 0 Å². The van der Waals surface area contributed by atoms with Crippen molar-refractivity contribution < 1.29 is 4.79 Å². The van der Waals surface area contributed by atoms with E-state index in [9.17, 15) is 4.79 Å². The summed E-state index contributed by atoms with van der Waals surface area (Å²) in [5, 5.41) is 7.85. The molecular formula is C20H29N3O. The summed E-state index contributed by atoms with van der Waals surface area (Å²) in [5.41, 5.74) is 4.91. The molecule has 0 radical (unpaired) electrons. The molecule has 2 rings (SSSR count). The minimum Gasteiger partial charge on any atom is -0.350 e. The first-order valence-corrected chi connectivity index (χ1v) is 8.96. The summed E-state index contributed by atoms with van der Waals surface area (Å²) in [7, 11) is 0. The fourth-order valence-corrected chi connectivity index (χ4v) is 2.95. The SMILES string of the molecule is CCCc1nn(-c2cccc(C)c2)c(CCC)c1C(=O)NC(C)C. The van der Waals surface area contributed by atoms with Gasteiger partial charge in [0.25, 0.3) is 5.91 Å². The van der Waals surface area contributed by atoms with E-state index in [1.807, 2.05) is 24.6 Å². The zero-order valence-corrected chi connectivity index (χ0v) is 15.5. The number of amides is 1. The van der Waals surface area contributed by atoms with Gasteiger partial charge in [0.15, 0.2) is 0 Å². The normalized spacial score (nSPS) is 11.1. The molecule has 130 valence electrons. The third-order valence-electron chi connectivity index (χ3n) is 3.92. The standard InChI is InChI=1S/C20H29N3O/c1-6-9-17-19(20(24)21-14(3)4)18(10-7-2)23(22-17)16-12-8-11-15(5)13-16/h8,11-14H,6-7,9-10H2,1-5H3,(H,21,24). The van der Waals surface area contributed by atoms with Crippen molar-refractivity contribution in [3.05, 3.63) is 46.8 Å². The molecule has 0 bridgehead atoms. The maximum Gasteiger partial charge on any atom is 0.255 e. The van der Waals surface area contributed by atoms with Crippen LogP contribution in [0.15, 0.2) is 24.3 Å². The van der Waals surface area contributed by atoms with Gasteiger partial charge < -0.3 is 5.32 Å². The number of carbonyl (C=O) groups is 1. The first kappa shape index (κ1) is 18.2. The fraction of sp³-hybridized carbons (Fsp3) is 0.500. The van der Waals surface area contributed by atoms with Crippen molar-refractivity contribution in [2.75, 3.05) is 0 Å². The van der Waals surface area contributed by atoms with Crippen molar-refractivity contribution in [2.45, 2.75) is 66.3 Å². The van der Waals surface area contributed by atoms with Crippen LogP contribution in [0.1, 0.15) is 67.8 Å². The number of aryl methyl sites for hydroxylation is 2. The molecule has 0 atom stereocenters. The van der Waals surface area contributed by atoms with Gasteiger partial charge >= 0.3 is 0 Å². The molecule has 1 N–H and O–H groups in total. The molecule has 0 aliphatic carbocycles. The Morgan fingerprint density at radius 1 is 1.21 bits per heavy atom. The number of carbonyl (C=O) groups excluding carboxylic acids is 1. The van der Waals surface area contributed by atoms with Crippen LogP contribution < -0.4 is 5.32 Å². The van der Waals surface area contributed by atoms with Crippen LogP contribution in [0.25, 0.3) is 5.69 Å². The molecule has 0 fully saturated rings. The van der Waals surface area contributed by atoms with Gasteiger partial charge in [-0.25, -0.2) is 4.68 Å². The van der Waals surface area contributed by atoms with E-state index < -0.39 is 0 Å². The second kappa shape index (κ2) is 8.13. The second-order valence-electron chi connectivity index (χ2n) is 6.65. The van der Waals surface area contributed by atoms with Gasteiger partial charge in [0.2, 0.25) is 0 Å². The van der Waals surface area contributed by atoms with Crippen LogP contribution in [0, 0.1) is 6.92 Å². The van der Waals surface area contributed by atoms with Crippen molar-refractivity contribution in [3.63, 3.8) is 0 Å². The highest BCUT2D eigenvalue weighted by atomic mass is 16.1. The Morgan fingerprint density at radius 2 is 1.92 bits per heavy atom. The first-order valence-electron chi connectivity index (χ1n) is 8.96. The summed E-state index contributed by atoms with van der Waals surface area (Å²) in [6.45, 7) is 10.3. The Kier molecular flexibility index (Phi) is 6.18. The molecule has 0 spiro atoms. The molecule has 2 aromatic rings. The van der Waals surface area contributed by atoms with Crippen LogP contribution in [-0.2, 0) is 12.8 Å². The molecule has 0 saturated heterocycles. The first-order chi connectivity index (χ1) is 11.5. The van der Waals surface area contributed by atoms with Crippen molar-refractivity contribution in [1.82, 2.24) is 15.1 Å². The minimum absolute atomic E-state index is 0.00389. The second-order valence-corrected chi connectivity index (χ2v) is 6.65. The molecule has 0 saturated carbocycles. The molecule has 4 nitrogen and oxygen atoms in total. The Hall–Kier alpha value is -2.10. The number of rotatable bonds is 7. The number of hydrogen-bond donors (Lipinski definition) is 1. The molecule has 0 unspecified atom stereocenters. The van der Waals surface area contributed by atoms with Gasteiger partial charge in [-0.15, -0.1) is 0 Å². The van der Waals surface area contributed by atoms with Gasteiger partial charge in [-0.05, 0) is 51.3 Å². The Labute approximate surface area is 145 Å². The van der Waals surface area contributed by atoms with Gasteiger partial charge in [0.05, 0.1) is 22.6 Å². The van der Waals surface area contributed by atoms with Gasteiger partial charge in [-0.2, -0.15) is 5.10 Å². The minimum atomic E-state index is -0.00389. The van der Waals surface area contributed by atoms with E-state index in [-0.39, 0.29) is 11.9 Å². The van der Waals surface area contributed by atoms with E-state index in [0.717, 1.165) is 48.3 Å². The lowest BCUT2D eigenvalue weighted by atomic mass is 10.0. The summed E-state index contributed by atoms with van der Waals surface area (Å²) < 4.78 is 1.97. The maximum atomic E-state index is 12.8. The molecular weight excluding hydrogens is 298 g/mol. The summed E-state index contributed by atoms with van der Waals surface area (Å²) in [5.74, 6) is -0.00389. The summed E-state index contributed by atoms with van der Waals surface area (Å²) >= 11 is 0. The highest BCUT2D eigenvalue weighted by molar-refractivity contribution is 5.96. The molecule has 0 aliphatic rings. The van der Waals surface area contributed by atoms with Gasteiger partial charge in [-0.3, -0.25) is 4.79 Å². The number of hydrogen-bond acceptors (Lipinski definition) is 2. The lowest BCUT2D eigenvalue weighted by molar-refractivity contribution is 0.0941. The number of nitrogens with one attached hydrogen (secondary N) is 1. The van der Waals surface area contributed by atoms with Crippen LogP contribution in [0.2, 0.25) is 0 Å². The lowest BCUT2D eigenvalue weighted by Crippen LogP contribution is -2.31. The fourth-order valence-electron chi connectivity index (χ4n) is 2.95. The predicted octanol–water partition coefficient (Wildman–Crippen LogP) is 4.22. The van der Waals surface area contributed by atoms with Crippen molar-refractivity contribution in [1.29, 1.82) is 0 Å². The molecule has 1 aromatic carbocycles. The zero-order valence-electron chi connectivity index (χ0n) is 15.5. The summed E-state index contributed by atoms with van der Waals surface area (Å²) in [6, 6.07) is 8.40. The van der Waals surface area contributed by atoms with Gasteiger partial charge in [-0.1, -0.05) is 38.8 Å². The Balaban J connectivity index is 2.60. The Bertz CT molecular complexity index is 701. The average Bonchev–Trinajstić information content (AvgIpc) is 2.86. The lowest BCUT2D eigenvalue weighted by Gasteiger charge is -2.12. The van der Waals surface area contributed by atoms with Crippen molar-refractivity contribution >= 4 is 5.91 Å². The van der Waals surface area contributed by atoms with E-state index >= 15 is 0 Å². The quantitative estimate of drug-likeness (QED) is 0.827. The summed E-state index contributed by atoms with van der Waals surface area (Å²) in [4.78, 5) is 12.8. The van der Waals surface area contributed by atoms with E-state index in [1.54, 1.807) is 0 Å². The topological polar surface area (TPSA) is 46.9 Å². The van der Waals surface area contributed by atoms with Crippen molar-refractivity contribution in [3.8, 4) is 5.69 Å². The highest BCUT2D eigenvalue weighted by Gasteiger charge is 2.23. The van der Waals surface area contributed by atoms with Gasteiger partial charge in [0.1, 0.15) is 0 Å². The third kappa shape index (κ3) is 4.05. The molecule has 1 heterocycles. The largest absolute Gasteiger partial charge is 0.350 e. The number of aromatic nitrogens is 2. The van der Waals surface area contributed by atoms with E-state index in [1.165, 1.54) is 5.56 Å². The molecule has 4 heteroatoms.